The number of alkyl halides is 2. The lowest BCUT2D eigenvalue weighted by molar-refractivity contribution is -0.221. The van der Waals surface area contributed by atoms with E-state index >= 15 is 0 Å². The number of hydrogen-bond acceptors (Lipinski definition) is 4. The van der Waals surface area contributed by atoms with E-state index in [1.165, 1.54) is 6.42 Å². The molecule has 3 saturated carbocycles. The predicted octanol–water partition coefficient (Wildman–Crippen LogP) is 6.35. The number of methoxy groups -OCH3 is 1. The van der Waals surface area contributed by atoms with Gasteiger partial charge in [-0.3, -0.25) is 0 Å². The molecule has 0 spiro atoms. The van der Waals surface area contributed by atoms with Gasteiger partial charge in [-0.25, -0.2) is 8.78 Å². The van der Waals surface area contributed by atoms with E-state index in [1.54, 1.807) is 12.7 Å². The van der Waals surface area contributed by atoms with Crippen molar-refractivity contribution in [1.29, 1.82) is 0 Å². The molecule has 0 aromatic rings. The van der Waals surface area contributed by atoms with Gasteiger partial charge in [-0.15, -0.1) is 0 Å². The summed E-state index contributed by atoms with van der Waals surface area (Å²) in [6.07, 6.45) is 9.88. The lowest BCUT2D eigenvalue weighted by Crippen LogP contribution is -2.53. The van der Waals surface area contributed by atoms with Crippen molar-refractivity contribution in [3.8, 4) is 0 Å². The minimum atomic E-state index is -3.53. The summed E-state index contributed by atoms with van der Waals surface area (Å²) in [5.74, 6) is -1.26. The largest absolute Gasteiger partial charge is 0.387 e. The quantitative estimate of drug-likeness (QED) is 0.302. The van der Waals surface area contributed by atoms with Gasteiger partial charge in [0.15, 0.2) is 0 Å². The molecule has 0 saturated heterocycles. The molecule has 0 heterocycles. The van der Waals surface area contributed by atoms with Crippen molar-refractivity contribution in [3.63, 3.8) is 0 Å². The average Bonchev–Trinajstić information content (AvgIpc) is 3.14. The van der Waals surface area contributed by atoms with Crippen LogP contribution in [0.2, 0.25) is 0 Å². The molecule has 0 bridgehead atoms. The van der Waals surface area contributed by atoms with Crippen LogP contribution in [0.4, 0.5) is 8.78 Å². The van der Waals surface area contributed by atoms with Gasteiger partial charge >= 0.3 is 5.92 Å². The van der Waals surface area contributed by atoms with E-state index in [0.29, 0.717) is 30.5 Å². The Morgan fingerprint density at radius 1 is 1.11 bits per heavy atom. The molecule has 4 aliphatic rings. The lowest BCUT2D eigenvalue weighted by atomic mass is 9.47. The molecule has 0 amide bonds. The molecular weight excluding hydrogens is 450 g/mol. The molecule has 0 radical (unpaired) electrons. The van der Waals surface area contributed by atoms with Crippen LogP contribution in [0.1, 0.15) is 92.4 Å². The zero-order valence-corrected chi connectivity index (χ0v) is 22.7. The maximum atomic E-state index is 14.6. The zero-order valence-electron chi connectivity index (χ0n) is 22.7. The molecular formula is C29H48F2O4. The standard InChI is InChI=1S/C29H48F2O4/c1-18(15-25(32)29(30,31)26(2,3)33)22-9-10-23-21-8-7-19-16-20(35-17-34-6)11-13-27(19,4)24(21)12-14-28(22,23)5/h7,18,20-25,32-33H,8-17H2,1-6H3/t18-,20+,21+,22-,23+,24+,25?,27+,28-/m1/s1. The van der Waals surface area contributed by atoms with Gasteiger partial charge in [-0.1, -0.05) is 32.4 Å². The molecule has 0 aromatic heterocycles. The summed E-state index contributed by atoms with van der Waals surface area (Å²) < 4.78 is 40.2. The van der Waals surface area contributed by atoms with Crippen LogP contribution in [0.25, 0.3) is 0 Å². The van der Waals surface area contributed by atoms with Crippen molar-refractivity contribution < 1.29 is 28.5 Å². The Kier molecular flexibility index (Phi) is 7.56. The van der Waals surface area contributed by atoms with Gasteiger partial charge in [0, 0.05) is 7.11 Å². The Balaban J connectivity index is 1.47. The first-order valence-electron chi connectivity index (χ1n) is 13.8. The van der Waals surface area contributed by atoms with Gasteiger partial charge in [0.2, 0.25) is 0 Å². The number of allylic oxidation sites excluding steroid dienone is 1. The predicted molar refractivity (Wildman–Crippen MR) is 133 cm³/mol. The second-order valence-electron chi connectivity index (χ2n) is 13.3. The van der Waals surface area contributed by atoms with E-state index < -0.39 is 17.6 Å². The molecule has 35 heavy (non-hydrogen) atoms. The lowest BCUT2D eigenvalue weighted by Gasteiger charge is -2.58. The van der Waals surface area contributed by atoms with Crippen LogP contribution < -0.4 is 0 Å². The van der Waals surface area contributed by atoms with Crippen LogP contribution in [0.15, 0.2) is 11.6 Å². The highest BCUT2D eigenvalue weighted by atomic mass is 19.3. The van der Waals surface area contributed by atoms with Crippen molar-refractivity contribution in [2.24, 2.45) is 40.4 Å². The summed E-state index contributed by atoms with van der Waals surface area (Å²) in [7, 11) is 1.67. The van der Waals surface area contributed by atoms with E-state index in [2.05, 4.69) is 19.9 Å². The minimum absolute atomic E-state index is 0.0107. The Bertz CT molecular complexity index is 792. The summed E-state index contributed by atoms with van der Waals surface area (Å²) in [6.45, 7) is 9.44. The van der Waals surface area contributed by atoms with Crippen LogP contribution in [0.5, 0.6) is 0 Å². The third kappa shape index (κ3) is 4.64. The maximum absolute atomic E-state index is 14.6. The molecule has 4 rings (SSSR count). The van der Waals surface area contributed by atoms with Crippen molar-refractivity contribution in [3.05, 3.63) is 11.6 Å². The molecule has 2 N–H and O–H groups in total. The number of hydrogen-bond donors (Lipinski definition) is 2. The highest BCUT2D eigenvalue weighted by molar-refractivity contribution is 5.25. The van der Waals surface area contributed by atoms with E-state index in [-0.39, 0.29) is 29.3 Å². The van der Waals surface area contributed by atoms with Crippen molar-refractivity contribution in [2.45, 2.75) is 116 Å². The SMILES string of the molecule is COCO[C@H]1CC[C@@]2(C)C(=CC[C@H]3[C@@H]4CC[C@H]([C@H](C)CC(O)C(F)(F)C(C)(C)O)[C@@]4(C)CC[C@@H]32)C1. The van der Waals surface area contributed by atoms with E-state index in [1.807, 2.05) is 6.92 Å². The summed E-state index contributed by atoms with van der Waals surface area (Å²) in [6, 6.07) is 0. The molecule has 0 aliphatic heterocycles. The first-order chi connectivity index (χ1) is 16.3. The Labute approximate surface area is 210 Å². The highest BCUT2D eigenvalue weighted by Gasteiger charge is 2.60. The van der Waals surface area contributed by atoms with E-state index in [0.717, 1.165) is 58.8 Å². The van der Waals surface area contributed by atoms with Crippen LogP contribution >= 0.6 is 0 Å². The van der Waals surface area contributed by atoms with Crippen LogP contribution in [0, 0.1) is 40.4 Å². The topological polar surface area (TPSA) is 58.9 Å². The maximum Gasteiger partial charge on any atom is 0.300 e. The first kappa shape index (κ1) is 27.5. The fourth-order valence-corrected chi connectivity index (χ4v) is 8.98. The van der Waals surface area contributed by atoms with Gasteiger partial charge < -0.3 is 19.7 Å². The molecule has 6 heteroatoms. The van der Waals surface area contributed by atoms with Crippen molar-refractivity contribution in [2.75, 3.05) is 13.9 Å². The number of rotatable bonds is 8. The van der Waals surface area contributed by atoms with Gasteiger partial charge in [0.1, 0.15) is 18.5 Å². The fourth-order valence-electron chi connectivity index (χ4n) is 8.98. The molecule has 4 aliphatic carbocycles. The molecule has 9 atom stereocenters. The van der Waals surface area contributed by atoms with Gasteiger partial charge in [0.05, 0.1) is 6.10 Å². The fraction of sp³-hybridized carbons (Fsp3) is 0.931. The van der Waals surface area contributed by atoms with Gasteiger partial charge in [-0.05, 0) is 112 Å². The summed E-state index contributed by atoms with van der Waals surface area (Å²) in [5.41, 5.74) is -0.285. The number of aliphatic hydroxyl groups is 2. The van der Waals surface area contributed by atoms with Gasteiger partial charge in [-0.2, -0.15) is 0 Å². The molecule has 0 aromatic carbocycles. The van der Waals surface area contributed by atoms with Crippen LogP contribution in [-0.2, 0) is 9.47 Å². The number of fused-ring (bicyclic) bond motifs is 5. The summed E-state index contributed by atoms with van der Waals surface area (Å²) >= 11 is 0. The van der Waals surface area contributed by atoms with Crippen molar-refractivity contribution in [1.82, 2.24) is 0 Å². The molecule has 202 valence electrons. The average molecular weight is 499 g/mol. The minimum Gasteiger partial charge on any atom is -0.387 e. The number of ether oxygens (including phenoxy) is 2. The van der Waals surface area contributed by atoms with Gasteiger partial charge in [0.25, 0.3) is 0 Å². The Morgan fingerprint density at radius 2 is 1.83 bits per heavy atom. The van der Waals surface area contributed by atoms with E-state index in [9.17, 15) is 19.0 Å². The summed E-state index contributed by atoms with van der Waals surface area (Å²) in [4.78, 5) is 0. The monoisotopic (exact) mass is 498 g/mol. The second-order valence-corrected chi connectivity index (χ2v) is 13.3. The Hall–Kier alpha value is -0.560. The number of aliphatic hydroxyl groups excluding tert-OH is 1. The molecule has 3 fully saturated rings. The highest BCUT2D eigenvalue weighted by Crippen LogP contribution is 2.67. The molecule has 4 nitrogen and oxygen atoms in total. The van der Waals surface area contributed by atoms with E-state index in [4.69, 9.17) is 9.47 Å². The third-order valence-electron chi connectivity index (χ3n) is 11.1. The third-order valence-corrected chi connectivity index (χ3v) is 11.1. The number of halogens is 2. The smallest absolute Gasteiger partial charge is 0.300 e. The normalized spacial score (nSPS) is 41.4. The second kappa shape index (κ2) is 9.63. The summed E-state index contributed by atoms with van der Waals surface area (Å²) in [5, 5.41) is 20.3. The van der Waals surface area contributed by atoms with Crippen LogP contribution in [0.3, 0.4) is 0 Å². The molecule has 1 unspecified atom stereocenters. The van der Waals surface area contributed by atoms with Crippen LogP contribution in [-0.4, -0.2) is 47.8 Å². The Morgan fingerprint density at radius 3 is 2.49 bits per heavy atom. The first-order valence-corrected chi connectivity index (χ1v) is 13.8. The zero-order chi connectivity index (χ0) is 25.8. The van der Waals surface area contributed by atoms with Crippen molar-refractivity contribution >= 4 is 0 Å².